The normalized spacial score (nSPS) is 10.5. The van der Waals surface area contributed by atoms with Crippen LogP contribution in [0.3, 0.4) is 0 Å². The molecule has 0 atom stereocenters. The molecule has 19 heavy (non-hydrogen) atoms. The maximum absolute atomic E-state index is 5.40. The Hall–Kier alpha value is -1.59. The van der Waals surface area contributed by atoms with Crippen LogP contribution in [0.5, 0.6) is 5.75 Å². The number of methoxy groups -OCH3 is 1. The number of nitrogens with one attached hydrogen (secondary N) is 1. The SMILES string of the molecule is CNCc1sc(N(C)c2ccccc2OC)nc1C. The Bertz CT molecular complexity index is 553. The lowest BCUT2D eigenvalue weighted by molar-refractivity contribution is 0.415. The zero-order chi connectivity index (χ0) is 13.8. The first-order valence-corrected chi connectivity index (χ1v) is 6.96. The highest BCUT2D eigenvalue weighted by Gasteiger charge is 2.14. The molecule has 0 bridgehead atoms. The second-order valence-corrected chi connectivity index (χ2v) is 5.33. The van der Waals surface area contributed by atoms with E-state index in [2.05, 4.69) is 15.2 Å². The number of para-hydroxylation sites is 2. The molecule has 0 aliphatic heterocycles. The van der Waals surface area contributed by atoms with E-state index in [1.165, 1.54) is 4.88 Å². The monoisotopic (exact) mass is 277 g/mol. The molecule has 0 unspecified atom stereocenters. The fourth-order valence-electron chi connectivity index (χ4n) is 1.89. The molecule has 0 saturated heterocycles. The smallest absolute Gasteiger partial charge is 0.190 e. The number of hydrogen-bond acceptors (Lipinski definition) is 5. The van der Waals surface area contributed by atoms with E-state index in [0.29, 0.717) is 0 Å². The van der Waals surface area contributed by atoms with Crippen molar-refractivity contribution in [1.82, 2.24) is 10.3 Å². The summed E-state index contributed by atoms with van der Waals surface area (Å²) in [4.78, 5) is 7.96. The van der Waals surface area contributed by atoms with Crippen LogP contribution in [0, 0.1) is 6.92 Å². The Balaban J connectivity index is 2.33. The zero-order valence-corrected chi connectivity index (χ0v) is 12.5. The van der Waals surface area contributed by atoms with Gasteiger partial charge in [0.1, 0.15) is 5.75 Å². The maximum Gasteiger partial charge on any atom is 0.190 e. The molecular formula is C14H19N3OS. The molecule has 0 fully saturated rings. The van der Waals surface area contributed by atoms with Crippen molar-refractivity contribution >= 4 is 22.2 Å². The summed E-state index contributed by atoms with van der Waals surface area (Å²) >= 11 is 1.70. The summed E-state index contributed by atoms with van der Waals surface area (Å²) in [5, 5.41) is 4.15. The molecule has 102 valence electrons. The van der Waals surface area contributed by atoms with E-state index < -0.39 is 0 Å². The Morgan fingerprint density at radius 3 is 2.79 bits per heavy atom. The zero-order valence-electron chi connectivity index (χ0n) is 11.7. The average Bonchev–Trinajstić information content (AvgIpc) is 2.80. The predicted octanol–water partition coefficient (Wildman–Crippen LogP) is 2.95. The van der Waals surface area contributed by atoms with E-state index in [1.807, 2.05) is 45.3 Å². The highest BCUT2D eigenvalue weighted by molar-refractivity contribution is 7.15. The van der Waals surface area contributed by atoms with Crippen LogP contribution < -0.4 is 15.0 Å². The van der Waals surface area contributed by atoms with Gasteiger partial charge in [-0.05, 0) is 26.1 Å². The molecule has 1 N–H and O–H groups in total. The molecule has 1 heterocycles. The van der Waals surface area contributed by atoms with Crippen molar-refractivity contribution in [2.24, 2.45) is 0 Å². The van der Waals surface area contributed by atoms with E-state index in [0.717, 1.165) is 28.8 Å². The minimum atomic E-state index is 0.850. The molecule has 2 rings (SSSR count). The van der Waals surface area contributed by atoms with Crippen LogP contribution in [0.4, 0.5) is 10.8 Å². The number of ether oxygens (including phenoxy) is 1. The third kappa shape index (κ3) is 2.88. The van der Waals surface area contributed by atoms with Crippen LogP contribution >= 0.6 is 11.3 Å². The van der Waals surface area contributed by atoms with Crippen molar-refractivity contribution < 1.29 is 4.74 Å². The fraction of sp³-hybridized carbons (Fsp3) is 0.357. The molecule has 0 aliphatic rings. The van der Waals surface area contributed by atoms with Gasteiger partial charge in [-0.1, -0.05) is 23.5 Å². The van der Waals surface area contributed by atoms with Gasteiger partial charge >= 0.3 is 0 Å². The maximum atomic E-state index is 5.40. The van der Waals surface area contributed by atoms with Crippen LogP contribution in [0.15, 0.2) is 24.3 Å². The van der Waals surface area contributed by atoms with Crippen molar-refractivity contribution in [2.75, 3.05) is 26.1 Å². The second-order valence-electron chi connectivity index (χ2n) is 4.27. The molecule has 4 nitrogen and oxygen atoms in total. The number of benzene rings is 1. The summed E-state index contributed by atoms with van der Waals surface area (Å²) in [5.74, 6) is 0.855. The first-order valence-electron chi connectivity index (χ1n) is 6.15. The van der Waals surface area contributed by atoms with Crippen LogP contribution in [-0.2, 0) is 6.54 Å². The fourth-order valence-corrected chi connectivity index (χ4v) is 2.94. The van der Waals surface area contributed by atoms with Gasteiger partial charge in [-0.3, -0.25) is 0 Å². The number of nitrogens with zero attached hydrogens (tertiary/aromatic N) is 2. The lowest BCUT2D eigenvalue weighted by Gasteiger charge is -2.18. The lowest BCUT2D eigenvalue weighted by atomic mass is 10.3. The number of hydrogen-bond donors (Lipinski definition) is 1. The number of thiazole rings is 1. The molecule has 2 aromatic rings. The molecular weight excluding hydrogens is 258 g/mol. The van der Waals surface area contributed by atoms with Gasteiger partial charge in [-0.15, -0.1) is 0 Å². The summed E-state index contributed by atoms with van der Waals surface area (Å²) in [6.45, 7) is 2.89. The molecule has 1 aromatic heterocycles. The van der Waals surface area contributed by atoms with Crippen LogP contribution in [0.2, 0.25) is 0 Å². The Labute approximate surface area is 118 Å². The highest BCUT2D eigenvalue weighted by atomic mass is 32.1. The van der Waals surface area contributed by atoms with Gasteiger partial charge < -0.3 is 15.0 Å². The van der Waals surface area contributed by atoms with E-state index in [-0.39, 0.29) is 0 Å². The number of anilines is 2. The minimum Gasteiger partial charge on any atom is -0.495 e. The van der Waals surface area contributed by atoms with Gasteiger partial charge in [0, 0.05) is 18.5 Å². The highest BCUT2D eigenvalue weighted by Crippen LogP contribution is 2.35. The second kappa shape index (κ2) is 6.04. The van der Waals surface area contributed by atoms with E-state index in [4.69, 9.17) is 4.74 Å². The van der Waals surface area contributed by atoms with Gasteiger partial charge in [-0.25, -0.2) is 4.98 Å². The lowest BCUT2D eigenvalue weighted by Crippen LogP contribution is -2.10. The molecule has 0 saturated carbocycles. The first-order chi connectivity index (χ1) is 9.17. The third-order valence-corrected chi connectivity index (χ3v) is 4.19. The summed E-state index contributed by atoms with van der Waals surface area (Å²) in [6.07, 6.45) is 0. The summed E-state index contributed by atoms with van der Waals surface area (Å²) < 4.78 is 5.40. The van der Waals surface area contributed by atoms with Crippen molar-refractivity contribution in [1.29, 1.82) is 0 Å². The number of rotatable bonds is 5. The van der Waals surface area contributed by atoms with Gasteiger partial charge in [0.2, 0.25) is 0 Å². The molecule has 0 aliphatic carbocycles. The molecule has 0 spiro atoms. The van der Waals surface area contributed by atoms with E-state index in [9.17, 15) is 0 Å². The molecule has 0 radical (unpaired) electrons. The largest absolute Gasteiger partial charge is 0.495 e. The number of aryl methyl sites for hydroxylation is 1. The van der Waals surface area contributed by atoms with Crippen molar-refractivity contribution in [3.05, 3.63) is 34.8 Å². The average molecular weight is 277 g/mol. The van der Waals surface area contributed by atoms with Gasteiger partial charge in [0.15, 0.2) is 5.13 Å². The number of aromatic nitrogens is 1. The third-order valence-electron chi connectivity index (χ3n) is 2.95. The Morgan fingerprint density at radius 2 is 2.11 bits per heavy atom. The van der Waals surface area contributed by atoms with Gasteiger partial charge in [0.25, 0.3) is 0 Å². The standard InChI is InChI=1S/C14H19N3OS/c1-10-13(9-15-2)19-14(16-10)17(3)11-7-5-6-8-12(11)18-4/h5-8,15H,9H2,1-4H3. The van der Waals surface area contributed by atoms with Crippen LogP contribution in [-0.4, -0.2) is 26.2 Å². The Morgan fingerprint density at radius 1 is 1.37 bits per heavy atom. The van der Waals surface area contributed by atoms with Crippen molar-refractivity contribution in [3.63, 3.8) is 0 Å². The van der Waals surface area contributed by atoms with Crippen LogP contribution in [0.25, 0.3) is 0 Å². The van der Waals surface area contributed by atoms with E-state index >= 15 is 0 Å². The van der Waals surface area contributed by atoms with Crippen LogP contribution in [0.1, 0.15) is 10.6 Å². The van der Waals surface area contributed by atoms with Crippen molar-refractivity contribution in [2.45, 2.75) is 13.5 Å². The molecule has 5 heteroatoms. The first kappa shape index (κ1) is 13.8. The Kier molecular flexibility index (Phi) is 4.39. The summed E-state index contributed by atoms with van der Waals surface area (Å²) in [7, 11) is 5.65. The van der Waals surface area contributed by atoms with Gasteiger partial charge in [0.05, 0.1) is 18.5 Å². The molecule has 1 aromatic carbocycles. The topological polar surface area (TPSA) is 37.4 Å². The summed E-state index contributed by atoms with van der Waals surface area (Å²) in [6, 6.07) is 7.97. The molecule has 0 amide bonds. The van der Waals surface area contributed by atoms with Gasteiger partial charge in [-0.2, -0.15) is 0 Å². The summed E-state index contributed by atoms with van der Waals surface area (Å²) in [5.41, 5.74) is 2.10. The predicted molar refractivity (Wildman–Crippen MR) is 80.7 cm³/mol. The quantitative estimate of drug-likeness (QED) is 0.912. The minimum absolute atomic E-state index is 0.850. The van der Waals surface area contributed by atoms with E-state index in [1.54, 1.807) is 18.4 Å². The van der Waals surface area contributed by atoms with Crippen molar-refractivity contribution in [3.8, 4) is 5.75 Å².